The minimum Gasteiger partial charge on any atom is -0.382 e. The molecule has 0 fully saturated rings. The number of aromatic nitrogens is 3. The number of hydrogen-bond acceptors (Lipinski definition) is 5. The van der Waals surface area contributed by atoms with E-state index in [0.29, 0.717) is 11.6 Å². The summed E-state index contributed by atoms with van der Waals surface area (Å²) in [4.78, 5) is 15.6. The summed E-state index contributed by atoms with van der Waals surface area (Å²) in [5.41, 5.74) is 10.4. The zero-order chi connectivity index (χ0) is 18.8. The van der Waals surface area contributed by atoms with Crippen molar-refractivity contribution in [3.63, 3.8) is 0 Å². The largest absolute Gasteiger partial charge is 0.382 e. The number of nitrogens with zero attached hydrogens (tertiary/aromatic N) is 2. The van der Waals surface area contributed by atoms with Gasteiger partial charge in [0.1, 0.15) is 5.82 Å². The normalized spacial score (nSPS) is 10.7. The van der Waals surface area contributed by atoms with Gasteiger partial charge in [0.25, 0.3) is 0 Å². The highest BCUT2D eigenvalue weighted by Gasteiger charge is 2.06. The number of pyridine rings is 1. The molecule has 5 N–H and O–H groups in total. The van der Waals surface area contributed by atoms with Crippen LogP contribution in [0.4, 0.5) is 23.0 Å². The highest BCUT2D eigenvalue weighted by atomic mass is 16.1. The van der Waals surface area contributed by atoms with Gasteiger partial charge in [-0.15, -0.1) is 0 Å². The number of rotatable bonds is 4. The lowest BCUT2D eigenvalue weighted by atomic mass is 10.0. The first-order valence-corrected chi connectivity index (χ1v) is 8.43. The number of hydrogen-bond donors (Lipinski definition) is 4. The number of aromatic amines is 1. The van der Waals surface area contributed by atoms with E-state index in [2.05, 4.69) is 25.8 Å². The lowest BCUT2D eigenvalue weighted by Gasteiger charge is -2.10. The zero-order valence-corrected chi connectivity index (χ0v) is 14.7. The van der Waals surface area contributed by atoms with Crippen molar-refractivity contribution in [1.29, 1.82) is 0 Å². The molecule has 134 valence electrons. The number of nitrogen functional groups attached to an aromatic ring is 1. The first-order chi connectivity index (χ1) is 13.1. The maximum atomic E-state index is 11.2. The predicted octanol–water partition coefficient (Wildman–Crippen LogP) is 3.91. The van der Waals surface area contributed by atoms with Gasteiger partial charge >= 0.3 is 0 Å². The highest BCUT2D eigenvalue weighted by Crippen LogP contribution is 2.28. The summed E-state index contributed by atoms with van der Waals surface area (Å²) in [5.74, 6) is 1.07. The molecule has 0 bridgehead atoms. The molecule has 7 heteroatoms. The number of fused-ring (bicyclic) bond motifs is 1. The van der Waals surface area contributed by atoms with E-state index in [1.54, 1.807) is 6.20 Å². The SMILES string of the molecule is CC(=O)Nc1cccc(Nc2cc(-c3ccc4[nH]nc(N)c4c3)ccn2)c1. The smallest absolute Gasteiger partial charge is 0.221 e. The minimum absolute atomic E-state index is 0.110. The molecule has 4 rings (SSSR count). The van der Waals surface area contributed by atoms with Crippen LogP contribution < -0.4 is 16.4 Å². The van der Waals surface area contributed by atoms with Gasteiger partial charge in [-0.3, -0.25) is 9.89 Å². The molecule has 7 nitrogen and oxygen atoms in total. The first kappa shape index (κ1) is 16.6. The maximum absolute atomic E-state index is 11.2. The third-order valence-electron chi connectivity index (χ3n) is 4.14. The first-order valence-electron chi connectivity index (χ1n) is 8.43. The van der Waals surface area contributed by atoms with Crippen molar-refractivity contribution in [3.05, 3.63) is 60.8 Å². The highest BCUT2D eigenvalue weighted by molar-refractivity contribution is 5.92. The van der Waals surface area contributed by atoms with E-state index in [-0.39, 0.29) is 5.91 Å². The van der Waals surface area contributed by atoms with Crippen molar-refractivity contribution in [1.82, 2.24) is 15.2 Å². The molecule has 0 saturated heterocycles. The van der Waals surface area contributed by atoms with E-state index in [0.717, 1.165) is 33.4 Å². The van der Waals surface area contributed by atoms with Gasteiger partial charge in [-0.2, -0.15) is 5.10 Å². The Morgan fingerprint density at radius 1 is 1.04 bits per heavy atom. The third kappa shape index (κ3) is 3.57. The van der Waals surface area contributed by atoms with Gasteiger partial charge in [0.2, 0.25) is 5.91 Å². The molecule has 2 aromatic carbocycles. The number of nitrogens with two attached hydrogens (primary N) is 1. The van der Waals surface area contributed by atoms with Crippen LogP contribution in [-0.2, 0) is 4.79 Å². The van der Waals surface area contributed by atoms with E-state index in [4.69, 9.17) is 5.73 Å². The molecule has 0 aliphatic rings. The van der Waals surface area contributed by atoms with E-state index < -0.39 is 0 Å². The average molecular weight is 358 g/mol. The van der Waals surface area contributed by atoms with Crippen LogP contribution in [0.25, 0.3) is 22.0 Å². The summed E-state index contributed by atoms with van der Waals surface area (Å²) in [6, 6.07) is 17.3. The Labute approximate surface area is 155 Å². The Hall–Kier alpha value is -3.87. The Morgan fingerprint density at radius 2 is 1.85 bits per heavy atom. The van der Waals surface area contributed by atoms with Crippen molar-refractivity contribution in [2.45, 2.75) is 6.92 Å². The number of benzene rings is 2. The summed E-state index contributed by atoms with van der Waals surface area (Å²) in [6.45, 7) is 1.48. The molecule has 0 atom stereocenters. The lowest BCUT2D eigenvalue weighted by molar-refractivity contribution is -0.114. The second kappa shape index (κ2) is 6.80. The summed E-state index contributed by atoms with van der Waals surface area (Å²) in [5, 5.41) is 13.9. The van der Waals surface area contributed by atoms with Crippen molar-refractivity contribution in [2.24, 2.45) is 0 Å². The molecule has 27 heavy (non-hydrogen) atoms. The summed E-state index contributed by atoms with van der Waals surface area (Å²) >= 11 is 0. The number of nitrogens with one attached hydrogen (secondary N) is 3. The predicted molar refractivity (Wildman–Crippen MR) is 108 cm³/mol. The molecule has 0 aliphatic carbocycles. The van der Waals surface area contributed by atoms with E-state index in [1.807, 2.05) is 54.6 Å². The van der Waals surface area contributed by atoms with E-state index in [9.17, 15) is 4.79 Å². The standard InChI is InChI=1S/C20H18N6O/c1-12(27)23-15-3-2-4-16(11-15)24-19-10-14(7-8-22-19)13-5-6-18-17(9-13)20(21)26-25-18/h2-11H,1H3,(H,22,24)(H,23,27)(H3,21,25,26). The van der Waals surface area contributed by atoms with Crippen LogP contribution in [0.2, 0.25) is 0 Å². The molecule has 0 unspecified atom stereocenters. The van der Waals surface area contributed by atoms with Crippen LogP contribution >= 0.6 is 0 Å². The molecular formula is C20H18N6O. The summed E-state index contributed by atoms with van der Waals surface area (Å²) in [6.07, 6.45) is 1.75. The van der Waals surface area contributed by atoms with Gasteiger partial charge in [0.05, 0.1) is 5.52 Å². The summed E-state index contributed by atoms with van der Waals surface area (Å²) < 4.78 is 0. The van der Waals surface area contributed by atoms with Crippen molar-refractivity contribution >= 4 is 39.8 Å². The Kier molecular flexibility index (Phi) is 4.18. The van der Waals surface area contributed by atoms with Gasteiger partial charge in [-0.25, -0.2) is 4.98 Å². The van der Waals surface area contributed by atoms with Gasteiger partial charge in [0, 0.05) is 29.9 Å². The fourth-order valence-corrected chi connectivity index (χ4v) is 2.92. The molecule has 2 heterocycles. The Bertz CT molecular complexity index is 1130. The number of amides is 1. The molecule has 2 aromatic heterocycles. The second-order valence-electron chi connectivity index (χ2n) is 6.19. The van der Waals surface area contributed by atoms with Crippen LogP contribution in [0.5, 0.6) is 0 Å². The van der Waals surface area contributed by atoms with Crippen LogP contribution in [-0.4, -0.2) is 21.1 Å². The Balaban J connectivity index is 1.62. The number of H-pyrrole nitrogens is 1. The van der Waals surface area contributed by atoms with Crippen LogP contribution in [0.3, 0.4) is 0 Å². The number of carbonyl (C=O) groups excluding carboxylic acids is 1. The van der Waals surface area contributed by atoms with E-state index >= 15 is 0 Å². The van der Waals surface area contributed by atoms with Crippen LogP contribution in [0.1, 0.15) is 6.92 Å². The fourth-order valence-electron chi connectivity index (χ4n) is 2.92. The summed E-state index contributed by atoms with van der Waals surface area (Å²) in [7, 11) is 0. The zero-order valence-electron chi connectivity index (χ0n) is 14.7. The fraction of sp³-hybridized carbons (Fsp3) is 0.0500. The molecule has 0 spiro atoms. The van der Waals surface area contributed by atoms with Gasteiger partial charge in [0.15, 0.2) is 5.82 Å². The van der Waals surface area contributed by atoms with Crippen LogP contribution in [0, 0.1) is 0 Å². The molecular weight excluding hydrogens is 340 g/mol. The Morgan fingerprint density at radius 3 is 2.70 bits per heavy atom. The minimum atomic E-state index is -0.110. The number of anilines is 4. The molecule has 1 amide bonds. The maximum Gasteiger partial charge on any atom is 0.221 e. The van der Waals surface area contributed by atoms with Crippen molar-refractivity contribution in [3.8, 4) is 11.1 Å². The van der Waals surface area contributed by atoms with Crippen molar-refractivity contribution in [2.75, 3.05) is 16.4 Å². The molecule has 0 radical (unpaired) electrons. The average Bonchev–Trinajstić information content (AvgIpc) is 3.02. The molecule has 0 saturated carbocycles. The van der Waals surface area contributed by atoms with Crippen molar-refractivity contribution < 1.29 is 4.79 Å². The third-order valence-corrected chi connectivity index (χ3v) is 4.14. The quantitative estimate of drug-likeness (QED) is 0.442. The van der Waals surface area contributed by atoms with Crippen LogP contribution in [0.15, 0.2) is 60.8 Å². The molecule has 4 aromatic rings. The second-order valence-corrected chi connectivity index (χ2v) is 6.19. The topological polar surface area (TPSA) is 109 Å². The lowest BCUT2D eigenvalue weighted by Crippen LogP contribution is -2.05. The monoisotopic (exact) mass is 358 g/mol. The van der Waals surface area contributed by atoms with Gasteiger partial charge in [-0.05, 0) is 53.6 Å². The van der Waals surface area contributed by atoms with Gasteiger partial charge < -0.3 is 16.4 Å². The number of carbonyl (C=O) groups is 1. The van der Waals surface area contributed by atoms with Gasteiger partial charge in [-0.1, -0.05) is 12.1 Å². The molecule has 0 aliphatic heterocycles. The van der Waals surface area contributed by atoms with E-state index in [1.165, 1.54) is 6.92 Å².